The Kier molecular flexibility index (Phi) is 7.22. The summed E-state index contributed by atoms with van der Waals surface area (Å²) in [4.78, 5) is 35.1. The van der Waals surface area contributed by atoms with Gasteiger partial charge in [-0.25, -0.2) is 14.6 Å². The Bertz CT molecular complexity index is 997. The fraction of sp³-hybridized carbons (Fsp3) is 0.391. The maximum atomic E-state index is 12.9. The molecule has 2 heterocycles. The Morgan fingerprint density at radius 3 is 2.61 bits per heavy atom. The summed E-state index contributed by atoms with van der Waals surface area (Å²) in [6, 6.07) is 10.4. The molecule has 0 fully saturated rings. The van der Waals surface area contributed by atoms with Crippen LogP contribution in [-0.2, 0) is 22.4 Å². The van der Waals surface area contributed by atoms with Crippen molar-refractivity contribution >= 4 is 33.6 Å². The maximum Gasteiger partial charge on any atom is 0.411 e. The summed E-state index contributed by atoms with van der Waals surface area (Å²) >= 11 is 1.44. The topological polar surface area (TPSA) is 92.6 Å². The quantitative estimate of drug-likeness (QED) is 0.551. The SMILES string of the molecule is CC(C)(C)OC(=O)N(CCCc1cccnc1)[C@@H](Cc1nc2ccccc2s1)C(=O)O. The van der Waals surface area contributed by atoms with Crippen LogP contribution in [0.5, 0.6) is 0 Å². The first-order valence-corrected chi connectivity index (χ1v) is 11.0. The van der Waals surface area contributed by atoms with Gasteiger partial charge in [0.1, 0.15) is 11.6 Å². The van der Waals surface area contributed by atoms with E-state index < -0.39 is 23.7 Å². The van der Waals surface area contributed by atoms with E-state index in [-0.39, 0.29) is 13.0 Å². The first-order chi connectivity index (χ1) is 14.7. The number of nitrogens with zero attached hydrogens (tertiary/aromatic N) is 3. The molecule has 31 heavy (non-hydrogen) atoms. The molecule has 0 unspecified atom stereocenters. The van der Waals surface area contributed by atoms with Gasteiger partial charge < -0.3 is 9.84 Å². The smallest absolute Gasteiger partial charge is 0.411 e. The lowest BCUT2D eigenvalue weighted by molar-refractivity contribution is -0.143. The summed E-state index contributed by atoms with van der Waals surface area (Å²) in [5.74, 6) is -1.08. The molecule has 1 atom stereocenters. The van der Waals surface area contributed by atoms with Gasteiger partial charge in [0, 0.05) is 25.4 Å². The number of ether oxygens (including phenoxy) is 1. The highest BCUT2D eigenvalue weighted by atomic mass is 32.1. The Morgan fingerprint density at radius 2 is 1.97 bits per heavy atom. The second-order valence-corrected chi connectivity index (χ2v) is 9.39. The van der Waals surface area contributed by atoms with Crippen molar-refractivity contribution in [2.75, 3.05) is 6.54 Å². The molecule has 0 radical (unpaired) electrons. The number of hydrogen-bond acceptors (Lipinski definition) is 6. The van der Waals surface area contributed by atoms with E-state index in [1.54, 1.807) is 33.2 Å². The van der Waals surface area contributed by atoms with Crippen molar-refractivity contribution in [3.63, 3.8) is 0 Å². The molecule has 3 aromatic rings. The lowest BCUT2D eigenvalue weighted by atomic mass is 10.1. The number of carboxylic acid groups (broad SMARTS) is 1. The Labute approximate surface area is 185 Å². The first-order valence-electron chi connectivity index (χ1n) is 10.2. The molecular weight excluding hydrogens is 414 g/mol. The van der Waals surface area contributed by atoms with Crippen molar-refractivity contribution < 1.29 is 19.4 Å². The number of carbonyl (C=O) groups excluding carboxylic acids is 1. The van der Waals surface area contributed by atoms with Crippen LogP contribution in [0.1, 0.15) is 37.8 Å². The maximum absolute atomic E-state index is 12.9. The van der Waals surface area contributed by atoms with E-state index in [4.69, 9.17) is 4.74 Å². The number of benzene rings is 1. The first kappa shape index (κ1) is 22.7. The number of carboxylic acids is 1. The molecule has 1 N–H and O–H groups in total. The van der Waals surface area contributed by atoms with Gasteiger partial charge in [0.05, 0.1) is 15.2 Å². The van der Waals surface area contributed by atoms with Gasteiger partial charge in [-0.3, -0.25) is 9.88 Å². The second-order valence-electron chi connectivity index (χ2n) is 8.27. The molecule has 0 saturated carbocycles. The van der Waals surface area contributed by atoms with Crippen molar-refractivity contribution in [2.24, 2.45) is 0 Å². The largest absolute Gasteiger partial charge is 0.480 e. The van der Waals surface area contributed by atoms with Crippen molar-refractivity contribution in [1.82, 2.24) is 14.9 Å². The minimum atomic E-state index is -1.08. The highest BCUT2D eigenvalue weighted by Crippen LogP contribution is 2.24. The molecule has 0 saturated heterocycles. The Balaban J connectivity index is 1.79. The number of thiazole rings is 1. The number of aryl methyl sites for hydroxylation is 1. The Morgan fingerprint density at radius 1 is 1.19 bits per heavy atom. The van der Waals surface area contributed by atoms with Crippen LogP contribution in [-0.4, -0.2) is 50.2 Å². The predicted molar refractivity (Wildman–Crippen MR) is 120 cm³/mol. The number of rotatable bonds is 8. The molecule has 3 rings (SSSR count). The van der Waals surface area contributed by atoms with E-state index in [0.717, 1.165) is 15.8 Å². The fourth-order valence-corrected chi connectivity index (χ4v) is 4.20. The third kappa shape index (κ3) is 6.49. The molecule has 0 bridgehead atoms. The normalized spacial score (nSPS) is 12.5. The number of pyridine rings is 1. The van der Waals surface area contributed by atoms with Gasteiger partial charge in [0.25, 0.3) is 0 Å². The lowest BCUT2D eigenvalue weighted by Gasteiger charge is -2.31. The molecule has 0 aliphatic heterocycles. The van der Waals surface area contributed by atoms with E-state index in [1.807, 2.05) is 36.4 Å². The zero-order valence-electron chi connectivity index (χ0n) is 17.9. The van der Waals surface area contributed by atoms with E-state index in [9.17, 15) is 14.7 Å². The molecule has 0 aliphatic carbocycles. The van der Waals surface area contributed by atoms with Crippen molar-refractivity contribution in [3.8, 4) is 0 Å². The third-order valence-electron chi connectivity index (χ3n) is 4.58. The van der Waals surface area contributed by atoms with Crippen LogP contribution < -0.4 is 0 Å². The molecule has 0 aliphatic rings. The molecule has 0 spiro atoms. The minimum absolute atomic E-state index is 0.126. The van der Waals surface area contributed by atoms with Gasteiger partial charge in [-0.1, -0.05) is 18.2 Å². The highest BCUT2D eigenvalue weighted by molar-refractivity contribution is 7.18. The average molecular weight is 442 g/mol. The molecule has 1 amide bonds. The van der Waals surface area contributed by atoms with Crippen LogP contribution in [0.4, 0.5) is 4.79 Å². The van der Waals surface area contributed by atoms with Crippen LogP contribution in [0.3, 0.4) is 0 Å². The number of aliphatic carboxylic acids is 1. The summed E-state index contributed by atoms with van der Waals surface area (Å²) in [6.07, 6.45) is 4.24. The zero-order valence-corrected chi connectivity index (χ0v) is 18.8. The van der Waals surface area contributed by atoms with Gasteiger partial charge in [-0.15, -0.1) is 11.3 Å². The molecule has 1 aromatic carbocycles. The van der Waals surface area contributed by atoms with Crippen LogP contribution >= 0.6 is 11.3 Å². The van der Waals surface area contributed by atoms with Gasteiger partial charge in [0.2, 0.25) is 0 Å². The standard InChI is InChI=1S/C23H27N3O4S/c1-23(2,3)30-22(29)26(13-7-9-16-8-6-12-24-15-16)18(21(27)28)14-20-25-17-10-4-5-11-19(17)31-20/h4-6,8,10-12,15,18H,7,9,13-14H2,1-3H3,(H,27,28)/t18-/m0/s1. The van der Waals surface area contributed by atoms with Gasteiger partial charge >= 0.3 is 12.1 Å². The number of fused-ring (bicyclic) bond motifs is 1. The number of para-hydroxylation sites is 1. The van der Waals surface area contributed by atoms with E-state index in [1.165, 1.54) is 16.2 Å². The van der Waals surface area contributed by atoms with Crippen molar-refractivity contribution in [1.29, 1.82) is 0 Å². The summed E-state index contributed by atoms with van der Waals surface area (Å²) < 4.78 is 6.51. The van der Waals surface area contributed by atoms with Crippen LogP contribution in [0.2, 0.25) is 0 Å². The molecular formula is C23H27N3O4S. The molecule has 2 aromatic heterocycles. The van der Waals surface area contributed by atoms with E-state index in [2.05, 4.69) is 9.97 Å². The molecule has 8 heteroatoms. The van der Waals surface area contributed by atoms with Gasteiger partial charge in [-0.05, 0) is 57.4 Å². The molecule has 164 valence electrons. The monoisotopic (exact) mass is 441 g/mol. The van der Waals surface area contributed by atoms with Crippen molar-refractivity contribution in [2.45, 2.75) is 51.7 Å². The van der Waals surface area contributed by atoms with E-state index >= 15 is 0 Å². The summed E-state index contributed by atoms with van der Waals surface area (Å²) in [5, 5.41) is 10.6. The fourth-order valence-electron chi connectivity index (χ4n) is 3.20. The number of amides is 1. The summed E-state index contributed by atoms with van der Waals surface area (Å²) in [5.41, 5.74) is 1.13. The minimum Gasteiger partial charge on any atom is -0.480 e. The summed E-state index contributed by atoms with van der Waals surface area (Å²) in [6.45, 7) is 5.55. The van der Waals surface area contributed by atoms with Crippen LogP contribution in [0, 0.1) is 0 Å². The number of carbonyl (C=O) groups is 2. The van der Waals surface area contributed by atoms with E-state index in [0.29, 0.717) is 17.8 Å². The van der Waals surface area contributed by atoms with Gasteiger partial charge in [0.15, 0.2) is 0 Å². The van der Waals surface area contributed by atoms with Crippen LogP contribution in [0.25, 0.3) is 10.2 Å². The van der Waals surface area contributed by atoms with Crippen molar-refractivity contribution in [3.05, 3.63) is 59.4 Å². The van der Waals surface area contributed by atoms with Gasteiger partial charge in [-0.2, -0.15) is 0 Å². The Hall–Kier alpha value is -3.00. The predicted octanol–water partition coefficient (Wildman–Crippen LogP) is 4.56. The molecule has 7 nitrogen and oxygen atoms in total. The lowest BCUT2D eigenvalue weighted by Crippen LogP contribution is -2.48. The van der Waals surface area contributed by atoms with Crippen LogP contribution in [0.15, 0.2) is 48.8 Å². The zero-order chi connectivity index (χ0) is 22.4. The number of aromatic nitrogens is 2. The highest BCUT2D eigenvalue weighted by Gasteiger charge is 2.33. The third-order valence-corrected chi connectivity index (χ3v) is 5.64. The summed E-state index contributed by atoms with van der Waals surface area (Å²) in [7, 11) is 0. The average Bonchev–Trinajstić information content (AvgIpc) is 3.12. The second kappa shape index (κ2) is 9.87. The number of hydrogen-bond donors (Lipinski definition) is 1.